The lowest BCUT2D eigenvalue weighted by Gasteiger charge is -2.09. The third kappa shape index (κ3) is 4.43. The summed E-state index contributed by atoms with van der Waals surface area (Å²) in [5.74, 6) is 0.00181. The Labute approximate surface area is 107 Å². The first-order valence-corrected chi connectivity index (χ1v) is 6.24. The molecule has 1 aromatic heterocycles. The van der Waals surface area contributed by atoms with E-state index in [1.165, 1.54) is 0 Å². The fourth-order valence-corrected chi connectivity index (χ4v) is 1.80. The van der Waals surface area contributed by atoms with Crippen LogP contribution in [0.4, 0.5) is 0 Å². The van der Waals surface area contributed by atoms with Crippen LogP contribution in [-0.2, 0) is 20.7 Å². The molecule has 1 fully saturated rings. The van der Waals surface area contributed by atoms with Gasteiger partial charge in [-0.1, -0.05) is 6.07 Å². The molecule has 0 unspecified atom stereocenters. The van der Waals surface area contributed by atoms with Crippen LogP contribution >= 0.6 is 0 Å². The molecule has 0 bridgehead atoms. The fraction of sp³-hybridized carbons (Fsp3) is 0.538. The molecule has 0 aromatic carbocycles. The number of aromatic nitrogens is 1. The van der Waals surface area contributed by atoms with Gasteiger partial charge in [0.15, 0.2) is 6.29 Å². The highest BCUT2D eigenvalue weighted by Crippen LogP contribution is 2.09. The Morgan fingerprint density at radius 2 is 2.22 bits per heavy atom. The molecule has 1 aliphatic rings. The van der Waals surface area contributed by atoms with Crippen molar-refractivity contribution >= 4 is 5.91 Å². The van der Waals surface area contributed by atoms with E-state index in [0.29, 0.717) is 26.2 Å². The number of pyridine rings is 1. The van der Waals surface area contributed by atoms with Gasteiger partial charge in [-0.15, -0.1) is 0 Å². The van der Waals surface area contributed by atoms with Gasteiger partial charge < -0.3 is 14.8 Å². The van der Waals surface area contributed by atoms with Crippen LogP contribution in [0.5, 0.6) is 0 Å². The van der Waals surface area contributed by atoms with Gasteiger partial charge in [-0.3, -0.25) is 9.78 Å². The van der Waals surface area contributed by atoms with Crippen molar-refractivity contribution in [2.45, 2.75) is 25.6 Å². The van der Waals surface area contributed by atoms with Crippen molar-refractivity contribution in [1.82, 2.24) is 10.3 Å². The van der Waals surface area contributed by atoms with E-state index in [4.69, 9.17) is 9.47 Å². The Morgan fingerprint density at radius 3 is 2.94 bits per heavy atom. The van der Waals surface area contributed by atoms with E-state index in [-0.39, 0.29) is 12.2 Å². The summed E-state index contributed by atoms with van der Waals surface area (Å²) >= 11 is 0. The van der Waals surface area contributed by atoms with Crippen molar-refractivity contribution < 1.29 is 14.3 Å². The van der Waals surface area contributed by atoms with E-state index in [0.717, 1.165) is 18.5 Å². The molecule has 0 atom stereocenters. The van der Waals surface area contributed by atoms with E-state index in [9.17, 15) is 4.79 Å². The summed E-state index contributed by atoms with van der Waals surface area (Å²) in [6.07, 6.45) is 3.62. The third-order valence-electron chi connectivity index (χ3n) is 2.70. The summed E-state index contributed by atoms with van der Waals surface area (Å²) in [6, 6.07) is 5.56. The minimum absolute atomic E-state index is 0.00181. The minimum atomic E-state index is -0.0855. The molecular weight excluding hydrogens is 232 g/mol. The summed E-state index contributed by atoms with van der Waals surface area (Å²) in [6.45, 7) is 2.00. The maximum absolute atomic E-state index is 11.6. The zero-order chi connectivity index (χ0) is 12.6. The van der Waals surface area contributed by atoms with Crippen LogP contribution < -0.4 is 5.32 Å². The van der Waals surface area contributed by atoms with Gasteiger partial charge in [0.25, 0.3) is 0 Å². The molecule has 1 aromatic rings. The summed E-state index contributed by atoms with van der Waals surface area (Å²) in [4.78, 5) is 15.7. The zero-order valence-corrected chi connectivity index (χ0v) is 10.3. The predicted molar refractivity (Wildman–Crippen MR) is 65.9 cm³/mol. The average Bonchev–Trinajstić information content (AvgIpc) is 2.89. The van der Waals surface area contributed by atoms with E-state index in [2.05, 4.69) is 10.3 Å². The van der Waals surface area contributed by atoms with E-state index in [1.54, 1.807) is 6.20 Å². The molecular formula is C13H18N2O3. The quantitative estimate of drug-likeness (QED) is 0.762. The first kappa shape index (κ1) is 13.0. The Morgan fingerprint density at radius 1 is 1.39 bits per heavy atom. The van der Waals surface area contributed by atoms with Gasteiger partial charge in [0.05, 0.1) is 19.6 Å². The number of rotatable bonds is 6. The highest BCUT2D eigenvalue weighted by Gasteiger charge is 2.14. The number of hydrogen-bond donors (Lipinski definition) is 1. The van der Waals surface area contributed by atoms with E-state index in [1.807, 2.05) is 18.2 Å². The Balaban J connectivity index is 1.57. The number of nitrogens with zero attached hydrogens (tertiary/aromatic N) is 1. The van der Waals surface area contributed by atoms with Crippen molar-refractivity contribution in [3.05, 3.63) is 30.1 Å². The molecule has 5 nitrogen and oxygen atoms in total. The number of carbonyl (C=O) groups excluding carboxylic acids is 1. The molecule has 1 N–H and O–H groups in total. The van der Waals surface area contributed by atoms with E-state index < -0.39 is 0 Å². The first-order chi connectivity index (χ1) is 8.84. The molecule has 2 rings (SSSR count). The first-order valence-electron chi connectivity index (χ1n) is 6.24. The lowest BCUT2D eigenvalue weighted by atomic mass is 10.2. The van der Waals surface area contributed by atoms with Gasteiger partial charge in [0.1, 0.15) is 0 Å². The molecule has 0 saturated carbocycles. The van der Waals surface area contributed by atoms with Crippen molar-refractivity contribution in [3.63, 3.8) is 0 Å². The summed E-state index contributed by atoms with van der Waals surface area (Å²) in [7, 11) is 0. The second-order valence-corrected chi connectivity index (χ2v) is 4.16. The van der Waals surface area contributed by atoms with Gasteiger partial charge in [0.2, 0.25) is 5.91 Å². The second kappa shape index (κ2) is 7.08. The van der Waals surface area contributed by atoms with Crippen LogP contribution in [0.25, 0.3) is 0 Å². The lowest BCUT2D eigenvalue weighted by molar-refractivity contribution is -0.120. The predicted octanol–water partition coefficient (Wildman–Crippen LogP) is 0.893. The molecule has 0 spiro atoms. The summed E-state index contributed by atoms with van der Waals surface area (Å²) in [5.41, 5.74) is 0.789. The lowest BCUT2D eigenvalue weighted by Crippen LogP contribution is -2.27. The van der Waals surface area contributed by atoms with Crippen molar-refractivity contribution in [2.24, 2.45) is 0 Å². The normalized spacial score (nSPS) is 15.8. The largest absolute Gasteiger partial charge is 0.356 e. The molecule has 1 amide bonds. The summed E-state index contributed by atoms with van der Waals surface area (Å²) < 4.78 is 10.6. The number of nitrogens with one attached hydrogen (secondary N) is 1. The van der Waals surface area contributed by atoms with Gasteiger partial charge in [0, 0.05) is 24.9 Å². The Hall–Kier alpha value is -1.46. The van der Waals surface area contributed by atoms with Crippen molar-refractivity contribution in [1.29, 1.82) is 0 Å². The number of hydrogen-bond acceptors (Lipinski definition) is 4. The van der Waals surface area contributed by atoms with Gasteiger partial charge in [-0.25, -0.2) is 0 Å². The van der Waals surface area contributed by atoms with Crippen LogP contribution in [0, 0.1) is 0 Å². The van der Waals surface area contributed by atoms with Crippen LogP contribution in [-0.4, -0.2) is 36.9 Å². The standard InChI is InChI=1S/C13H18N2O3/c16-12(10-11-4-1-2-6-14-11)15-7-3-5-13-17-8-9-18-13/h1-2,4,6,13H,3,5,7-10H2,(H,15,16). The van der Waals surface area contributed by atoms with Crippen LogP contribution in [0.15, 0.2) is 24.4 Å². The molecule has 0 radical (unpaired) electrons. The minimum Gasteiger partial charge on any atom is -0.356 e. The van der Waals surface area contributed by atoms with Gasteiger partial charge >= 0.3 is 0 Å². The highest BCUT2D eigenvalue weighted by atomic mass is 16.7. The smallest absolute Gasteiger partial charge is 0.226 e. The SMILES string of the molecule is O=C(Cc1ccccn1)NCCCC1OCCO1. The van der Waals surface area contributed by atoms with Crippen molar-refractivity contribution in [2.75, 3.05) is 19.8 Å². The molecule has 5 heteroatoms. The molecule has 1 aliphatic heterocycles. The highest BCUT2D eigenvalue weighted by molar-refractivity contribution is 5.77. The monoisotopic (exact) mass is 250 g/mol. The Bertz CT molecular complexity index is 364. The second-order valence-electron chi connectivity index (χ2n) is 4.16. The third-order valence-corrected chi connectivity index (χ3v) is 2.70. The molecule has 18 heavy (non-hydrogen) atoms. The van der Waals surface area contributed by atoms with Crippen LogP contribution in [0.1, 0.15) is 18.5 Å². The maximum atomic E-state index is 11.6. The van der Waals surface area contributed by atoms with Crippen molar-refractivity contribution in [3.8, 4) is 0 Å². The fourth-order valence-electron chi connectivity index (χ4n) is 1.80. The topological polar surface area (TPSA) is 60.5 Å². The Kier molecular flexibility index (Phi) is 5.11. The molecule has 0 aliphatic carbocycles. The molecule has 2 heterocycles. The van der Waals surface area contributed by atoms with Crippen LogP contribution in [0.2, 0.25) is 0 Å². The van der Waals surface area contributed by atoms with Crippen LogP contribution in [0.3, 0.4) is 0 Å². The number of carbonyl (C=O) groups is 1. The number of ether oxygens (including phenoxy) is 2. The summed E-state index contributed by atoms with van der Waals surface area (Å²) in [5, 5.41) is 2.87. The molecule has 98 valence electrons. The van der Waals surface area contributed by atoms with Gasteiger partial charge in [-0.05, 0) is 18.6 Å². The number of amides is 1. The molecule has 1 saturated heterocycles. The van der Waals surface area contributed by atoms with E-state index >= 15 is 0 Å². The maximum Gasteiger partial charge on any atom is 0.226 e. The zero-order valence-electron chi connectivity index (χ0n) is 10.3. The average molecular weight is 250 g/mol. The van der Waals surface area contributed by atoms with Gasteiger partial charge in [-0.2, -0.15) is 0 Å².